The van der Waals surface area contributed by atoms with Crippen LogP contribution >= 0.6 is 0 Å². The largest absolute Gasteiger partial charge is 0.329 e. The van der Waals surface area contributed by atoms with Crippen molar-refractivity contribution >= 4 is 0 Å². The maximum Gasteiger partial charge on any atom is 0.0453 e. The maximum absolute atomic E-state index is 6.17. The molecular weight excluding hydrogens is 510 g/mol. The van der Waals surface area contributed by atoms with Crippen LogP contribution < -0.4 is 11.1 Å². The molecule has 0 aliphatic rings. The van der Waals surface area contributed by atoms with E-state index >= 15 is 0 Å². The monoisotopic (exact) mass is 553 g/mol. The van der Waals surface area contributed by atoms with Crippen LogP contribution in [0, 0.1) is 0 Å². The Kier molecular flexibility index (Phi) is 10.7. The molecule has 0 amide bonds. The Morgan fingerprint density at radius 2 is 0.857 bits per heavy atom. The van der Waals surface area contributed by atoms with Crippen LogP contribution in [0.2, 0.25) is 0 Å². The van der Waals surface area contributed by atoms with Crippen LogP contribution in [-0.2, 0) is 32.4 Å². The van der Waals surface area contributed by atoms with E-state index in [0.717, 1.165) is 38.9 Å². The van der Waals surface area contributed by atoms with E-state index in [1.54, 1.807) is 0 Å². The van der Waals surface area contributed by atoms with Crippen molar-refractivity contribution in [3.63, 3.8) is 0 Å². The Labute approximate surface area is 252 Å². The quantitative estimate of drug-likeness (QED) is 0.146. The van der Waals surface area contributed by atoms with Gasteiger partial charge in [0.25, 0.3) is 0 Å². The van der Waals surface area contributed by atoms with Crippen molar-refractivity contribution in [1.29, 1.82) is 0 Å². The summed E-state index contributed by atoms with van der Waals surface area (Å²) in [5.41, 5.74) is 12.5. The first-order chi connectivity index (χ1) is 20.7. The van der Waals surface area contributed by atoms with Crippen molar-refractivity contribution in [2.75, 3.05) is 13.1 Å². The smallest absolute Gasteiger partial charge is 0.0453 e. The lowest BCUT2D eigenvalue weighted by atomic mass is 9.74. The third kappa shape index (κ3) is 8.04. The van der Waals surface area contributed by atoms with Gasteiger partial charge in [-0.15, -0.1) is 0 Å². The number of nitrogens with zero attached hydrogens (tertiary/aromatic N) is 1. The molecule has 1 unspecified atom stereocenters. The number of benzene rings is 5. The van der Waals surface area contributed by atoms with Crippen LogP contribution in [0.1, 0.15) is 27.8 Å². The van der Waals surface area contributed by atoms with Crippen LogP contribution in [0.25, 0.3) is 0 Å². The molecule has 5 aromatic rings. The molecule has 3 nitrogen and oxygen atoms in total. The first-order valence-electron chi connectivity index (χ1n) is 15.1. The zero-order chi connectivity index (χ0) is 28.9. The van der Waals surface area contributed by atoms with Gasteiger partial charge in [0.05, 0.1) is 0 Å². The molecule has 214 valence electrons. The molecule has 0 aromatic heterocycles. The summed E-state index contributed by atoms with van der Waals surface area (Å²) in [5.74, 6) is 0. The lowest BCUT2D eigenvalue weighted by Gasteiger charge is -2.50. The van der Waals surface area contributed by atoms with Gasteiger partial charge in [0.15, 0.2) is 0 Å². The summed E-state index contributed by atoms with van der Waals surface area (Å²) < 4.78 is 0. The van der Waals surface area contributed by atoms with Gasteiger partial charge in [0.2, 0.25) is 0 Å². The Hall–Kier alpha value is -4.02. The molecule has 5 rings (SSSR count). The predicted molar refractivity (Wildman–Crippen MR) is 176 cm³/mol. The predicted octanol–water partition coefficient (Wildman–Crippen LogP) is 7.07. The summed E-state index contributed by atoms with van der Waals surface area (Å²) in [6.07, 6.45) is 2.70. The summed E-state index contributed by atoms with van der Waals surface area (Å²) in [6, 6.07) is 54.9. The molecule has 3 heteroatoms. The van der Waals surface area contributed by atoms with Crippen molar-refractivity contribution in [3.8, 4) is 0 Å². The Balaban J connectivity index is 1.70. The van der Waals surface area contributed by atoms with Gasteiger partial charge in [0, 0.05) is 37.8 Å². The fourth-order valence-electron chi connectivity index (χ4n) is 6.19. The highest BCUT2D eigenvalue weighted by Gasteiger charge is 2.44. The summed E-state index contributed by atoms with van der Waals surface area (Å²) in [4.78, 5) is 2.74. The molecule has 1 atom stereocenters. The SMILES string of the molecule is NCCNC(Cc1ccccc1)C(Cc1ccccc1)(Cc1ccccc1)N(Cc1ccccc1)Cc1ccccc1. The minimum Gasteiger partial charge on any atom is -0.329 e. The molecule has 0 saturated heterocycles. The van der Waals surface area contributed by atoms with Gasteiger partial charge < -0.3 is 11.1 Å². The Morgan fingerprint density at radius 1 is 0.500 bits per heavy atom. The first kappa shape index (κ1) is 29.5. The molecule has 3 N–H and O–H groups in total. The van der Waals surface area contributed by atoms with Gasteiger partial charge >= 0.3 is 0 Å². The second-order valence-electron chi connectivity index (χ2n) is 11.2. The minimum absolute atomic E-state index is 0.135. The van der Waals surface area contributed by atoms with E-state index in [1.165, 1.54) is 27.8 Å². The number of hydrogen-bond acceptors (Lipinski definition) is 3. The number of nitrogens with one attached hydrogen (secondary N) is 1. The lowest BCUT2D eigenvalue weighted by Crippen LogP contribution is -2.64. The fourth-order valence-corrected chi connectivity index (χ4v) is 6.19. The fraction of sp³-hybridized carbons (Fsp3) is 0.231. The topological polar surface area (TPSA) is 41.3 Å². The molecule has 0 radical (unpaired) electrons. The molecule has 0 bridgehead atoms. The van der Waals surface area contributed by atoms with Gasteiger partial charge in [-0.1, -0.05) is 152 Å². The van der Waals surface area contributed by atoms with E-state index in [4.69, 9.17) is 5.73 Å². The van der Waals surface area contributed by atoms with Crippen LogP contribution in [0.4, 0.5) is 0 Å². The van der Waals surface area contributed by atoms with Gasteiger partial charge in [0.1, 0.15) is 0 Å². The normalized spacial score (nSPS) is 12.3. The summed E-state index contributed by atoms with van der Waals surface area (Å²) in [5, 5.41) is 3.98. The minimum atomic E-state index is -0.278. The highest BCUT2D eigenvalue weighted by molar-refractivity contribution is 5.29. The van der Waals surface area contributed by atoms with Gasteiger partial charge in [-0.05, 0) is 47.1 Å². The van der Waals surface area contributed by atoms with E-state index in [2.05, 4.69) is 162 Å². The molecule has 0 aliphatic carbocycles. The third-order valence-electron chi connectivity index (χ3n) is 8.23. The standard InChI is InChI=1S/C39H43N3/c40-26-27-41-38(28-33-16-6-1-7-17-33)39(29-34-18-8-2-9-19-34,30-35-20-10-3-11-21-35)42(31-36-22-12-4-13-23-36)32-37-24-14-5-15-25-37/h1-25,38,41H,26-32,40H2. The highest BCUT2D eigenvalue weighted by atomic mass is 15.2. The average molecular weight is 554 g/mol. The van der Waals surface area contributed by atoms with Crippen molar-refractivity contribution in [1.82, 2.24) is 10.2 Å². The van der Waals surface area contributed by atoms with Crippen LogP contribution in [0.15, 0.2) is 152 Å². The summed E-state index contributed by atoms with van der Waals surface area (Å²) in [6.45, 7) is 3.03. The van der Waals surface area contributed by atoms with Crippen LogP contribution in [0.5, 0.6) is 0 Å². The van der Waals surface area contributed by atoms with Crippen LogP contribution in [0.3, 0.4) is 0 Å². The van der Waals surface area contributed by atoms with Crippen molar-refractivity contribution in [3.05, 3.63) is 179 Å². The van der Waals surface area contributed by atoms with E-state index in [-0.39, 0.29) is 11.6 Å². The molecule has 0 aliphatic heterocycles. The zero-order valence-electron chi connectivity index (χ0n) is 24.5. The van der Waals surface area contributed by atoms with Crippen molar-refractivity contribution in [2.24, 2.45) is 5.73 Å². The van der Waals surface area contributed by atoms with Crippen molar-refractivity contribution < 1.29 is 0 Å². The maximum atomic E-state index is 6.17. The Morgan fingerprint density at radius 3 is 1.24 bits per heavy atom. The highest BCUT2D eigenvalue weighted by Crippen LogP contribution is 2.35. The van der Waals surface area contributed by atoms with Gasteiger partial charge in [-0.25, -0.2) is 0 Å². The third-order valence-corrected chi connectivity index (χ3v) is 8.23. The summed E-state index contributed by atoms with van der Waals surface area (Å²) in [7, 11) is 0. The lowest BCUT2D eigenvalue weighted by molar-refractivity contribution is 0.0325. The van der Waals surface area contributed by atoms with Crippen molar-refractivity contribution in [2.45, 2.75) is 43.9 Å². The number of hydrogen-bond donors (Lipinski definition) is 2. The molecule has 0 saturated carbocycles. The van der Waals surface area contributed by atoms with E-state index in [1.807, 2.05) is 0 Å². The molecule has 0 heterocycles. The van der Waals surface area contributed by atoms with Crippen LogP contribution in [-0.4, -0.2) is 29.6 Å². The molecule has 0 spiro atoms. The second kappa shape index (κ2) is 15.3. The molecule has 0 fully saturated rings. The van der Waals surface area contributed by atoms with E-state index in [0.29, 0.717) is 6.54 Å². The second-order valence-corrected chi connectivity index (χ2v) is 11.2. The summed E-state index contributed by atoms with van der Waals surface area (Å²) >= 11 is 0. The molecule has 42 heavy (non-hydrogen) atoms. The first-order valence-corrected chi connectivity index (χ1v) is 15.1. The molecular formula is C39H43N3. The molecule has 5 aromatic carbocycles. The number of rotatable bonds is 15. The van der Waals surface area contributed by atoms with Gasteiger partial charge in [-0.2, -0.15) is 0 Å². The van der Waals surface area contributed by atoms with E-state index in [9.17, 15) is 0 Å². The zero-order valence-corrected chi connectivity index (χ0v) is 24.5. The van der Waals surface area contributed by atoms with E-state index < -0.39 is 0 Å². The Bertz CT molecular complexity index is 1340. The average Bonchev–Trinajstić information content (AvgIpc) is 3.05. The van der Waals surface area contributed by atoms with Gasteiger partial charge in [-0.3, -0.25) is 4.90 Å². The number of nitrogens with two attached hydrogens (primary N) is 1.